The Bertz CT molecular complexity index is 429. The molecule has 1 aromatic rings. The fourth-order valence-electron chi connectivity index (χ4n) is 1.06. The molecule has 1 heterocycles. The van der Waals surface area contributed by atoms with Crippen LogP contribution < -0.4 is 4.72 Å². The van der Waals surface area contributed by atoms with E-state index in [2.05, 4.69) is 9.71 Å². The highest BCUT2D eigenvalue weighted by atomic mass is 35.5. The molecule has 0 saturated carbocycles. The average Bonchev–Trinajstić information content (AvgIpc) is 2.26. The number of aromatic nitrogens is 1. The van der Waals surface area contributed by atoms with Gasteiger partial charge in [0, 0.05) is 12.2 Å². The third-order valence-electron chi connectivity index (χ3n) is 2.05. The first kappa shape index (κ1) is 13.4. The third kappa shape index (κ3) is 3.41. The average molecular weight is 265 g/mol. The quantitative estimate of drug-likeness (QED) is 0.771. The first-order chi connectivity index (χ1) is 7.49. The van der Waals surface area contributed by atoms with Gasteiger partial charge >= 0.3 is 0 Å². The predicted molar refractivity (Wildman–Crippen MR) is 60.7 cm³/mol. The maximum atomic E-state index is 11.8. The van der Waals surface area contributed by atoms with Crippen LogP contribution in [-0.2, 0) is 10.0 Å². The molecule has 0 spiro atoms. The Kier molecular flexibility index (Phi) is 4.67. The number of sulfonamides is 1. The summed E-state index contributed by atoms with van der Waals surface area (Å²) in [6.07, 6.45) is 1.69. The highest BCUT2D eigenvalue weighted by Gasteiger charge is 2.18. The van der Waals surface area contributed by atoms with E-state index in [1.165, 1.54) is 18.3 Å². The second-order valence-corrected chi connectivity index (χ2v) is 5.33. The van der Waals surface area contributed by atoms with Crippen molar-refractivity contribution in [2.45, 2.75) is 24.3 Å². The minimum Gasteiger partial charge on any atom is -0.395 e. The first-order valence-corrected chi connectivity index (χ1v) is 6.60. The zero-order valence-corrected chi connectivity index (χ0v) is 10.3. The lowest BCUT2D eigenvalue weighted by molar-refractivity contribution is 0.254. The van der Waals surface area contributed by atoms with Crippen molar-refractivity contribution in [1.82, 2.24) is 9.71 Å². The van der Waals surface area contributed by atoms with Crippen molar-refractivity contribution in [3.63, 3.8) is 0 Å². The van der Waals surface area contributed by atoms with Gasteiger partial charge in [0.2, 0.25) is 10.0 Å². The lowest BCUT2D eigenvalue weighted by atomic mass is 10.3. The summed E-state index contributed by atoms with van der Waals surface area (Å²) in [5.74, 6) is 0. The van der Waals surface area contributed by atoms with Gasteiger partial charge in [0.25, 0.3) is 0 Å². The number of nitrogens with one attached hydrogen (secondary N) is 1. The number of hydrogen-bond donors (Lipinski definition) is 2. The number of halogens is 1. The predicted octanol–water partition coefficient (Wildman–Crippen LogP) is 0.784. The van der Waals surface area contributed by atoms with Crippen molar-refractivity contribution in [2.24, 2.45) is 0 Å². The molecule has 7 heteroatoms. The summed E-state index contributed by atoms with van der Waals surface area (Å²) >= 11 is 5.56. The SMILES string of the molecule is CC[C@@H](CO)NS(=O)(=O)c1ccc(Cl)nc1. The van der Waals surface area contributed by atoms with Gasteiger partial charge in [-0.2, -0.15) is 0 Å². The van der Waals surface area contributed by atoms with E-state index in [1.54, 1.807) is 6.92 Å². The van der Waals surface area contributed by atoms with Gasteiger partial charge in [0.1, 0.15) is 10.0 Å². The lowest BCUT2D eigenvalue weighted by Gasteiger charge is -2.13. The number of rotatable bonds is 5. The Morgan fingerprint density at radius 3 is 2.69 bits per heavy atom. The summed E-state index contributed by atoms with van der Waals surface area (Å²) in [7, 11) is -3.63. The molecule has 0 aromatic carbocycles. The normalized spacial score (nSPS) is 13.7. The Hall–Kier alpha value is -0.690. The van der Waals surface area contributed by atoms with Crippen LogP contribution in [0.5, 0.6) is 0 Å². The van der Waals surface area contributed by atoms with Gasteiger partial charge < -0.3 is 5.11 Å². The molecule has 0 saturated heterocycles. The Morgan fingerprint density at radius 1 is 1.56 bits per heavy atom. The smallest absolute Gasteiger partial charge is 0.242 e. The second kappa shape index (κ2) is 5.58. The molecular formula is C9H13ClN2O3S. The minimum atomic E-state index is -3.63. The lowest BCUT2D eigenvalue weighted by Crippen LogP contribution is -2.36. The van der Waals surface area contributed by atoms with Gasteiger partial charge in [-0.3, -0.25) is 0 Å². The number of nitrogens with zero attached hydrogens (tertiary/aromatic N) is 1. The van der Waals surface area contributed by atoms with E-state index >= 15 is 0 Å². The van der Waals surface area contributed by atoms with E-state index in [9.17, 15) is 8.42 Å². The summed E-state index contributed by atoms with van der Waals surface area (Å²) in [5, 5.41) is 9.15. The van der Waals surface area contributed by atoms with Crippen LogP contribution >= 0.6 is 11.6 Å². The molecule has 0 aliphatic rings. The van der Waals surface area contributed by atoms with Crippen molar-refractivity contribution in [2.75, 3.05) is 6.61 Å². The third-order valence-corrected chi connectivity index (χ3v) is 3.77. The van der Waals surface area contributed by atoms with Crippen LogP contribution in [0.25, 0.3) is 0 Å². The van der Waals surface area contributed by atoms with Crippen molar-refractivity contribution in [1.29, 1.82) is 0 Å². The van der Waals surface area contributed by atoms with Crippen LogP contribution in [0.1, 0.15) is 13.3 Å². The van der Waals surface area contributed by atoms with Crippen LogP contribution in [0.2, 0.25) is 5.15 Å². The molecule has 0 fully saturated rings. The maximum absolute atomic E-state index is 11.8. The minimum absolute atomic E-state index is 0.0313. The van der Waals surface area contributed by atoms with Crippen LogP contribution in [0.4, 0.5) is 0 Å². The zero-order chi connectivity index (χ0) is 12.2. The Labute approximate surface area is 99.5 Å². The highest BCUT2D eigenvalue weighted by molar-refractivity contribution is 7.89. The van der Waals surface area contributed by atoms with E-state index in [1.807, 2.05) is 0 Å². The molecule has 1 rings (SSSR count). The molecule has 0 aliphatic carbocycles. The van der Waals surface area contributed by atoms with Crippen molar-refractivity contribution < 1.29 is 13.5 Å². The van der Waals surface area contributed by atoms with Crippen LogP contribution in [0, 0.1) is 0 Å². The number of aliphatic hydroxyl groups excluding tert-OH is 1. The largest absolute Gasteiger partial charge is 0.395 e. The van der Waals surface area contributed by atoms with Crippen molar-refractivity contribution in [3.05, 3.63) is 23.5 Å². The van der Waals surface area contributed by atoms with Gasteiger partial charge in [-0.1, -0.05) is 18.5 Å². The Balaban J connectivity index is 2.89. The summed E-state index contributed by atoms with van der Waals surface area (Å²) in [4.78, 5) is 3.72. The van der Waals surface area contributed by atoms with Gasteiger partial charge in [-0.05, 0) is 18.6 Å². The molecule has 16 heavy (non-hydrogen) atoms. The molecule has 90 valence electrons. The summed E-state index contributed by atoms with van der Waals surface area (Å²) < 4.78 is 25.9. The molecular weight excluding hydrogens is 252 g/mol. The summed E-state index contributed by atoms with van der Waals surface area (Å²) in [6.45, 7) is 1.54. The molecule has 0 unspecified atom stereocenters. The standard InChI is InChI=1S/C9H13ClN2O3S/c1-2-7(6-13)12-16(14,15)8-3-4-9(10)11-5-8/h3-5,7,12-13H,2,6H2,1H3/t7-/m0/s1. The van der Waals surface area contributed by atoms with E-state index in [0.29, 0.717) is 6.42 Å². The first-order valence-electron chi connectivity index (χ1n) is 4.74. The van der Waals surface area contributed by atoms with Gasteiger partial charge in [-0.15, -0.1) is 0 Å². The molecule has 1 atom stereocenters. The highest BCUT2D eigenvalue weighted by Crippen LogP contribution is 2.11. The molecule has 0 amide bonds. The Morgan fingerprint density at radius 2 is 2.25 bits per heavy atom. The van der Waals surface area contributed by atoms with Crippen LogP contribution in [0.15, 0.2) is 23.2 Å². The van der Waals surface area contributed by atoms with Crippen LogP contribution in [0.3, 0.4) is 0 Å². The van der Waals surface area contributed by atoms with Crippen molar-refractivity contribution >= 4 is 21.6 Å². The number of aliphatic hydroxyl groups is 1. The fourth-order valence-corrected chi connectivity index (χ4v) is 2.42. The van der Waals surface area contributed by atoms with Gasteiger partial charge in [0.05, 0.1) is 6.61 Å². The van der Waals surface area contributed by atoms with Crippen molar-refractivity contribution in [3.8, 4) is 0 Å². The van der Waals surface area contributed by atoms with Gasteiger partial charge in [0.15, 0.2) is 0 Å². The molecule has 1 aromatic heterocycles. The molecule has 0 aliphatic heterocycles. The van der Waals surface area contributed by atoms with E-state index in [0.717, 1.165) is 0 Å². The number of pyridine rings is 1. The topological polar surface area (TPSA) is 79.3 Å². The van der Waals surface area contributed by atoms with E-state index in [4.69, 9.17) is 16.7 Å². The fraction of sp³-hybridized carbons (Fsp3) is 0.444. The molecule has 0 radical (unpaired) electrons. The maximum Gasteiger partial charge on any atom is 0.242 e. The molecule has 2 N–H and O–H groups in total. The van der Waals surface area contributed by atoms with Gasteiger partial charge in [-0.25, -0.2) is 18.1 Å². The van der Waals surface area contributed by atoms with Crippen LogP contribution in [-0.4, -0.2) is 31.2 Å². The molecule has 0 bridgehead atoms. The van der Waals surface area contributed by atoms with E-state index < -0.39 is 16.1 Å². The van der Waals surface area contributed by atoms with E-state index in [-0.39, 0.29) is 16.7 Å². The summed E-state index contributed by atoms with van der Waals surface area (Å²) in [6, 6.07) is 2.28. The molecule has 5 nitrogen and oxygen atoms in total. The zero-order valence-electron chi connectivity index (χ0n) is 8.72. The second-order valence-electron chi connectivity index (χ2n) is 3.23. The monoisotopic (exact) mass is 264 g/mol. The summed E-state index contributed by atoms with van der Waals surface area (Å²) in [5.41, 5.74) is 0. The number of hydrogen-bond acceptors (Lipinski definition) is 4.